The summed E-state index contributed by atoms with van der Waals surface area (Å²) in [6.45, 7) is 7.11. The van der Waals surface area contributed by atoms with Crippen LogP contribution in [0.5, 0.6) is 0 Å². The third-order valence-corrected chi connectivity index (χ3v) is 5.82. The maximum atomic E-state index is 13.6. The minimum atomic E-state index is -0.243. The lowest BCUT2D eigenvalue weighted by molar-refractivity contribution is 0.628. The van der Waals surface area contributed by atoms with Crippen molar-refractivity contribution in [3.8, 4) is 22.4 Å². The average Bonchev–Trinajstić information content (AvgIpc) is 3.24. The number of nitrogens with zero attached hydrogens (tertiary/aromatic N) is 1. The molecule has 0 saturated heterocycles. The van der Waals surface area contributed by atoms with Gasteiger partial charge in [0.25, 0.3) is 0 Å². The molecule has 0 aliphatic rings. The molecule has 2 aromatic carbocycles. The summed E-state index contributed by atoms with van der Waals surface area (Å²) in [5, 5.41) is 3.39. The molecule has 0 radical (unpaired) electrons. The van der Waals surface area contributed by atoms with Crippen molar-refractivity contribution in [3.05, 3.63) is 120 Å². The monoisotopic (exact) mass is 455 g/mol. The first kappa shape index (κ1) is 23.2. The quantitative estimate of drug-likeness (QED) is 0.238. The molecule has 34 heavy (non-hydrogen) atoms. The molecule has 2 heterocycles. The van der Waals surface area contributed by atoms with Crippen LogP contribution in [0.25, 0.3) is 28.5 Å². The Hall–Kier alpha value is -3.92. The molecule has 4 rings (SSSR count). The largest absolute Gasteiger partial charge is 0.381 e. The van der Waals surface area contributed by atoms with Gasteiger partial charge in [-0.2, -0.15) is 0 Å². The van der Waals surface area contributed by atoms with Crippen LogP contribution in [0, 0.1) is 5.82 Å². The lowest BCUT2D eigenvalue weighted by Crippen LogP contribution is -2.09. The zero-order valence-electron chi connectivity index (χ0n) is 19.5. The summed E-state index contributed by atoms with van der Waals surface area (Å²) in [6, 6.07) is 20.9. The van der Waals surface area contributed by atoms with Gasteiger partial charge in [0.2, 0.25) is 0 Å². The van der Waals surface area contributed by atoms with Crippen molar-refractivity contribution < 1.29 is 7.24 Å². The number of pyridine rings is 1. The number of nitrogens with one attached hydrogen (secondary N) is 2. The van der Waals surface area contributed by atoms with E-state index >= 15 is 0 Å². The fourth-order valence-corrected chi connectivity index (χ4v) is 4.01. The van der Waals surface area contributed by atoms with Gasteiger partial charge in [-0.1, -0.05) is 56.3 Å². The molecule has 0 unspecified atom stereocenters. The highest BCUT2D eigenvalue weighted by atomic mass is 19.1. The summed E-state index contributed by atoms with van der Waals surface area (Å²) < 4.78 is 13.6. The van der Waals surface area contributed by atoms with E-state index in [2.05, 4.69) is 47.0 Å². The molecule has 2 aromatic heterocycles. The molecule has 4 aromatic rings. The smallest absolute Gasteiger partial charge is 0.123 e. The van der Waals surface area contributed by atoms with Gasteiger partial charge < -0.3 is 10.3 Å². The van der Waals surface area contributed by atoms with Crippen LogP contribution in [0.4, 0.5) is 4.39 Å². The summed E-state index contributed by atoms with van der Waals surface area (Å²) in [4.78, 5) is 7.85. The van der Waals surface area contributed by atoms with Crippen molar-refractivity contribution >= 4 is 6.08 Å². The Kier molecular flexibility index (Phi) is 7.71. The first-order valence-corrected chi connectivity index (χ1v) is 11.7. The SMILES string of the molecule is C=C(/C=C\c1c(CCCC)[nH]c(-c2ccc(F)cc2)c1-c1ccncc1)NCc1ccccc1.[HH].[HH]. The second-order valence-electron chi connectivity index (χ2n) is 8.31. The molecule has 4 heteroatoms. The van der Waals surface area contributed by atoms with Gasteiger partial charge in [-0.05, 0) is 72.0 Å². The summed E-state index contributed by atoms with van der Waals surface area (Å²) in [5.74, 6) is -0.243. The summed E-state index contributed by atoms with van der Waals surface area (Å²) >= 11 is 0. The lowest BCUT2D eigenvalue weighted by Gasteiger charge is -2.08. The lowest BCUT2D eigenvalue weighted by atomic mass is 9.96. The zero-order valence-corrected chi connectivity index (χ0v) is 19.5. The predicted molar refractivity (Wildman–Crippen MR) is 144 cm³/mol. The van der Waals surface area contributed by atoms with Gasteiger partial charge in [0, 0.05) is 44.3 Å². The highest BCUT2D eigenvalue weighted by Gasteiger charge is 2.18. The number of halogens is 1. The van der Waals surface area contributed by atoms with Crippen LogP contribution in [0.15, 0.2) is 97.5 Å². The molecule has 2 N–H and O–H groups in total. The fraction of sp³-hybridized carbons (Fsp3) is 0.167. The highest BCUT2D eigenvalue weighted by molar-refractivity contribution is 5.89. The number of hydrogen-bond donors (Lipinski definition) is 2. The Morgan fingerprint density at radius 1 is 1.03 bits per heavy atom. The van der Waals surface area contributed by atoms with Gasteiger partial charge >= 0.3 is 0 Å². The minimum absolute atomic E-state index is 0. The van der Waals surface area contributed by atoms with Crippen LogP contribution in [0.2, 0.25) is 0 Å². The van der Waals surface area contributed by atoms with E-state index in [4.69, 9.17) is 0 Å². The van der Waals surface area contributed by atoms with E-state index in [1.165, 1.54) is 23.4 Å². The number of aromatic nitrogens is 2. The molecule has 0 amide bonds. The zero-order chi connectivity index (χ0) is 23.8. The van der Waals surface area contributed by atoms with Crippen molar-refractivity contribution in [1.82, 2.24) is 15.3 Å². The molecule has 0 aliphatic heterocycles. The first-order valence-electron chi connectivity index (χ1n) is 11.7. The second-order valence-corrected chi connectivity index (χ2v) is 8.31. The standard InChI is InChI=1S/C30H30FN3.2H2/c1-3-4-10-28-27(16-11-22(2)33-21-23-8-6-5-7-9-23)29(24-17-19-32-20-18-24)30(34-28)25-12-14-26(31)15-13-25;;/h5-9,11-20,33-34H,2-4,10,21H2,1H3;2*1H/b16-11-;;. The van der Waals surface area contributed by atoms with Crippen LogP contribution >= 0.6 is 0 Å². The number of rotatable bonds is 10. The molecule has 0 saturated carbocycles. The number of aromatic amines is 1. The number of H-pyrrole nitrogens is 1. The molecule has 3 nitrogen and oxygen atoms in total. The molecule has 0 aliphatic carbocycles. The Labute approximate surface area is 204 Å². The van der Waals surface area contributed by atoms with Crippen LogP contribution in [0.1, 0.15) is 39.4 Å². The van der Waals surface area contributed by atoms with Gasteiger partial charge in [0.15, 0.2) is 0 Å². The van der Waals surface area contributed by atoms with Crippen molar-refractivity contribution in [2.75, 3.05) is 0 Å². The van der Waals surface area contributed by atoms with E-state index in [9.17, 15) is 4.39 Å². The van der Waals surface area contributed by atoms with Crippen molar-refractivity contribution in [1.29, 1.82) is 0 Å². The molecular weight excluding hydrogens is 421 g/mol. The normalized spacial score (nSPS) is 11.1. The van der Waals surface area contributed by atoms with E-state index < -0.39 is 0 Å². The van der Waals surface area contributed by atoms with Crippen molar-refractivity contribution in [3.63, 3.8) is 0 Å². The Morgan fingerprint density at radius 3 is 2.47 bits per heavy atom. The van der Waals surface area contributed by atoms with Gasteiger partial charge in [0.05, 0.1) is 5.69 Å². The maximum Gasteiger partial charge on any atom is 0.123 e. The van der Waals surface area contributed by atoms with Gasteiger partial charge in [-0.3, -0.25) is 4.98 Å². The van der Waals surface area contributed by atoms with E-state index in [-0.39, 0.29) is 8.67 Å². The third-order valence-electron chi connectivity index (χ3n) is 5.82. The van der Waals surface area contributed by atoms with E-state index in [0.29, 0.717) is 0 Å². The van der Waals surface area contributed by atoms with Gasteiger partial charge in [-0.25, -0.2) is 4.39 Å². The van der Waals surface area contributed by atoms with Gasteiger partial charge in [-0.15, -0.1) is 0 Å². The van der Waals surface area contributed by atoms with Crippen LogP contribution in [0.3, 0.4) is 0 Å². The number of allylic oxidation sites excluding steroid dienone is 1. The molecule has 0 spiro atoms. The number of hydrogen-bond acceptors (Lipinski definition) is 2. The third kappa shape index (κ3) is 5.70. The van der Waals surface area contributed by atoms with Crippen molar-refractivity contribution in [2.24, 2.45) is 0 Å². The number of unbranched alkanes of at least 4 members (excludes halogenated alkanes) is 1. The number of aryl methyl sites for hydroxylation is 1. The molecular formula is C30H34FN3. The fourth-order valence-electron chi connectivity index (χ4n) is 4.01. The van der Waals surface area contributed by atoms with Crippen LogP contribution in [-0.4, -0.2) is 9.97 Å². The molecule has 0 bridgehead atoms. The molecule has 0 fully saturated rings. The predicted octanol–water partition coefficient (Wildman–Crippen LogP) is 8.03. The van der Waals surface area contributed by atoms with E-state index in [0.717, 1.165) is 59.5 Å². The Balaban J connectivity index is 0.00000228. The van der Waals surface area contributed by atoms with Gasteiger partial charge in [0.1, 0.15) is 5.82 Å². The maximum absolute atomic E-state index is 13.6. The Bertz CT molecular complexity index is 1250. The highest BCUT2D eigenvalue weighted by Crippen LogP contribution is 2.38. The summed E-state index contributed by atoms with van der Waals surface area (Å²) in [6.07, 6.45) is 10.9. The number of benzene rings is 2. The first-order chi connectivity index (χ1) is 16.7. The Morgan fingerprint density at radius 2 is 1.76 bits per heavy atom. The average molecular weight is 456 g/mol. The second kappa shape index (κ2) is 11.3. The topological polar surface area (TPSA) is 40.7 Å². The van der Waals surface area contributed by atoms with Crippen LogP contribution in [-0.2, 0) is 13.0 Å². The summed E-state index contributed by atoms with van der Waals surface area (Å²) in [7, 11) is 0. The van der Waals surface area contributed by atoms with E-state index in [1.807, 2.05) is 48.5 Å². The molecule has 0 atom stereocenters. The van der Waals surface area contributed by atoms with Crippen molar-refractivity contribution in [2.45, 2.75) is 32.7 Å². The summed E-state index contributed by atoms with van der Waals surface area (Å²) in [5.41, 5.74) is 8.44. The minimum Gasteiger partial charge on any atom is -0.381 e. The van der Waals surface area contributed by atoms with E-state index in [1.54, 1.807) is 12.4 Å². The molecule has 176 valence electrons. The van der Waals surface area contributed by atoms with Crippen LogP contribution < -0.4 is 5.32 Å².